The lowest BCUT2D eigenvalue weighted by Gasteiger charge is -2.20. The lowest BCUT2D eigenvalue weighted by Crippen LogP contribution is -2.43. The molecule has 1 aromatic carbocycles. The van der Waals surface area contributed by atoms with Crippen molar-refractivity contribution in [2.45, 2.75) is 37.7 Å². The summed E-state index contributed by atoms with van der Waals surface area (Å²) in [6.07, 6.45) is -1.18. The van der Waals surface area contributed by atoms with Crippen LogP contribution in [0.15, 0.2) is 6.07 Å². The first-order valence-corrected chi connectivity index (χ1v) is 9.74. The van der Waals surface area contributed by atoms with E-state index in [1.165, 1.54) is 13.2 Å². The zero-order chi connectivity index (χ0) is 20.8. The number of methoxy groups -OCH3 is 1. The van der Waals surface area contributed by atoms with Gasteiger partial charge in [0.2, 0.25) is 5.91 Å². The number of nitrogens with one attached hydrogen (secondary N) is 1. The molecule has 1 aliphatic heterocycles. The number of phenolic OH excluding ortho intramolecular Hbond substituents is 1. The van der Waals surface area contributed by atoms with Crippen molar-refractivity contribution in [2.24, 2.45) is 0 Å². The summed E-state index contributed by atoms with van der Waals surface area (Å²) in [5.74, 6) is -2.19. The van der Waals surface area contributed by atoms with Crippen LogP contribution in [0.25, 0.3) is 0 Å². The van der Waals surface area contributed by atoms with E-state index in [-0.39, 0.29) is 47.8 Å². The Kier molecular flexibility index (Phi) is 7.53. The number of ether oxygens (including phenoxy) is 2. The van der Waals surface area contributed by atoms with Gasteiger partial charge in [-0.15, -0.1) is 0 Å². The van der Waals surface area contributed by atoms with E-state index in [1.807, 2.05) is 0 Å². The Morgan fingerprint density at radius 3 is 2.75 bits per heavy atom. The Hall–Kier alpha value is -2.46. The predicted molar refractivity (Wildman–Crippen MR) is 101 cm³/mol. The van der Waals surface area contributed by atoms with E-state index in [2.05, 4.69) is 5.32 Å². The second kappa shape index (κ2) is 9.65. The van der Waals surface area contributed by atoms with E-state index in [0.717, 1.165) is 11.8 Å². The number of esters is 1. The van der Waals surface area contributed by atoms with Gasteiger partial charge >= 0.3 is 11.9 Å². The molecule has 28 heavy (non-hydrogen) atoms. The topological polar surface area (TPSA) is 142 Å². The van der Waals surface area contributed by atoms with Gasteiger partial charge in [0, 0.05) is 35.1 Å². The number of cyclic esters (lactones) is 1. The SMILES string of the molecule is COc1cc(O)c2c(c1C)C(=O)OC[C@H](O)CCC(=O)N[C@H](C(=O)O)CSC2. The number of phenols is 1. The number of aliphatic carboxylic acids is 1. The van der Waals surface area contributed by atoms with E-state index in [1.54, 1.807) is 6.92 Å². The molecule has 9 nitrogen and oxygen atoms in total. The standard InChI is InChI=1S/C18H23NO8S/c1-9-14(26-2)5-13(21)11-7-28-8-12(17(23)24)19-15(22)4-3-10(20)6-27-18(25)16(9)11/h5,10,12,20-21H,3-4,6-8H2,1-2H3,(H,19,22)(H,23,24)/t10-,12+/m1/s1. The first-order valence-electron chi connectivity index (χ1n) is 8.59. The summed E-state index contributed by atoms with van der Waals surface area (Å²) in [5.41, 5.74) is 0.852. The Labute approximate surface area is 166 Å². The molecule has 2 rings (SSSR count). The molecule has 2 atom stereocenters. The fourth-order valence-corrected chi connectivity index (χ4v) is 3.85. The Bertz CT molecular complexity index is 766. The summed E-state index contributed by atoms with van der Waals surface area (Å²) < 4.78 is 10.3. The van der Waals surface area contributed by atoms with Crippen molar-refractivity contribution in [1.82, 2.24) is 5.32 Å². The highest BCUT2D eigenvalue weighted by Gasteiger charge is 2.26. The minimum Gasteiger partial charge on any atom is -0.507 e. The van der Waals surface area contributed by atoms with Gasteiger partial charge in [0.25, 0.3) is 0 Å². The molecule has 0 aliphatic carbocycles. The summed E-state index contributed by atoms with van der Waals surface area (Å²) in [5, 5.41) is 32.0. The number of carbonyl (C=O) groups is 3. The number of hydrogen-bond donors (Lipinski definition) is 4. The zero-order valence-electron chi connectivity index (χ0n) is 15.6. The van der Waals surface area contributed by atoms with Gasteiger partial charge in [-0.3, -0.25) is 4.79 Å². The number of aromatic hydroxyl groups is 1. The van der Waals surface area contributed by atoms with Crippen LogP contribution >= 0.6 is 11.8 Å². The summed E-state index contributed by atoms with van der Waals surface area (Å²) in [6.45, 7) is 1.31. The van der Waals surface area contributed by atoms with Crippen LogP contribution in [0.2, 0.25) is 0 Å². The number of benzene rings is 1. The number of amides is 1. The molecule has 0 unspecified atom stereocenters. The second-order valence-electron chi connectivity index (χ2n) is 6.34. The predicted octanol–water partition coefficient (Wildman–Crippen LogP) is 0.823. The molecular formula is C18H23NO8S. The van der Waals surface area contributed by atoms with Crippen LogP contribution < -0.4 is 10.1 Å². The molecule has 0 saturated heterocycles. The van der Waals surface area contributed by atoms with Gasteiger partial charge in [-0.1, -0.05) is 0 Å². The third-order valence-electron chi connectivity index (χ3n) is 4.32. The number of thioether (sulfide) groups is 1. The smallest absolute Gasteiger partial charge is 0.339 e. The van der Waals surface area contributed by atoms with E-state index >= 15 is 0 Å². The lowest BCUT2D eigenvalue weighted by molar-refractivity contribution is -0.141. The maximum Gasteiger partial charge on any atom is 0.339 e. The highest BCUT2D eigenvalue weighted by atomic mass is 32.2. The first kappa shape index (κ1) is 21.8. The second-order valence-corrected chi connectivity index (χ2v) is 7.37. The van der Waals surface area contributed by atoms with Gasteiger partial charge in [0.1, 0.15) is 24.1 Å². The van der Waals surface area contributed by atoms with Crippen LogP contribution in [-0.4, -0.2) is 64.8 Å². The molecule has 1 aliphatic rings. The largest absolute Gasteiger partial charge is 0.507 e. The summed E-state index contributed by atoms with van der Waals surface area (Å²) in [6, 6.07) is 0.241. The van der Waals surface area contributed by atoms with Gasteiger partial charge in [-0.2, -0.15) is 11.8 Å². The fraction of sp³-hybridized carbons (Fsp3) is 0.500. The lowest BCUT2D eigenvalue weighted by atomic mass is 10.0. The molecule has 0 aromatic heterocycles. The van der Waals surface area contributed by atoms with Crippen molar-refractivity contribution < 1.29 is 39.2 Å². The zero-order valence-corrected chi connectivity index (χ0v) is 16.4. The molecule has 1 aromatic rings. The molecular weight excluding hydrogens is 390 g/mol. The van der Waals surface area contributed by atoms with Crippen LogP contribution in [0, 0.1) is 6.92 Å². The molecule has 0 radical (unpaired) electrons. The Morgan fingerprint density at radius 2 is 2.11 bits per heavy atom. The van der Waals surface area contributed by atoms with Crippen LogP contribution in [0.3, 0.4) is 0 Å². The van der Waals surface area contributed by atoms with Gasteiger partial charge in [-0.05, 0) is 13.3 Å². The maximum absolute atomic E-state index is 12.6. The summed E-state index contributed by atoms with van der Waals surface area (Å²) in [7, 11) is 1.40. The number of aliphatic hydroxyl groups excluding tert-OH is 1. The minimum atomic E-state index is -1.19. The van der Waals surface area contributed by atoms with E-state index in [0.29, 0.717) is 11.3 Å². The Balaban J connectivity index is 2.40. The van der Waals surface area contributed by atoms with E-state index in [9.17, 15) is 29.7 Å². The van der Waals surface area contributed by atoms with Gasteiger partial charge < -0.3 is 30.1 Å². The third kappa shape index (κ3) is 5.29. The Morgan fingerprint density at radius 1 is 1.39 bits per heavy atom. The maximum atomic E-state index is 12.6. The van der Waals surface area contributed by atoms with Crippen molar-refractivity contribution in [2.75, 3.05) is 19.5 Å². The highest BCUT2D eigenvalue weighted by Crippen LogP contribution is 2.35. The minimum absolute atomic E-state index is 0.00773. The fourth-order valence-electron chi connectivity index (χ4n) is 2.78. The number of aliphatic hydroxyl groups is 1. The number of hydrogen-bond acceptors (Lipinski definition) is 8. The van der Waals surface area contributed by atoms with Crippen LogP contribution in [-0.2, 0) is 20.1 Å². The van der Waals surface area contributed by atoms with Gasteiger partial charge in [0.05, 0.1) is 18.8 Å². The number of carboxylic acids is 1. The van der Waals surface area contributed by atoms with Crippen molar-refractivity contribution in [3.63, 3.8) is 0 Å². The molecule has 10 heteroatoms. The van der Waals surface area contributed by atoms with Crippen LogP contribution in [0.5, 0.6) is 11.5 Å². The highest BCUT2D eigenvalue weighted by molar-refractivity contribution is 7.98. The van der Waals surface area contributed by atoms with E-state index < -0.39 is 30.0 Å². The van der Waals surface area contributed by atoms with Crippen molar-refractivity contribution in [3.8, 4) is 11.5 Å². The number of carboxylic acid groups (broad SMARTS) is 1. The monoisotopic (exact) mass is 413 g/mol. The van der Waals surface area contributed by atoms with Crippen LogP contribution in [0.4, 0.5) is 0 Å². The average Bonchev–Trinajstić information content (AvgIpc) is 2.65. The van der Waals surface area contributed by atoms with E-state index in [4.69, 9.17) is 9.47 Å². The van der Waals surface area contributed by atoms with Crippen molar-refractivity contribution in [1.29, 1.82) is 0 Å². The van der Waals surface area contributed by atoms with Crippen molar-refractivity contribution in [3.05, 3.63) is 22.8 Å². The molecule has 0 spiro atoms. The van der Waals surface area contributed by atoms with Gasteiger partial charge in [-0.25, -0.2) is 9.59 Å². The van der Waals surface area contributed by atoms with Gasteiger partial charge in [0.15, 0.2) is 0 Å². The number of rotatable bonds is 2. The van der Waals surface area contributed by atoms with Crippen LogP contribution in [0.1, 0.15) is 34.3 Å². The molecule has 0 bridgehead atoms. The quantitative estimate of drug-likeness (QED) is 0.518. The third-order valence-corrected chi connectivity index (χ3v) is 5.38. The van der Waals surface area contributed by atoms with Crippen molar-refractivity contribution >= 4 is 29.6 Å². The molecule has 1 heterocycles. The first-order chi connectivity index (χ1) is 13.2. The molecule has 0 fully saturated rings. The molecule has 0 saturated carbocycles. The number of fused-ring (bicyclic) bond motifs is 1. The average molecular weight is 413 g/mol. The molecule has 1 amide bonds. The summed E-state index contributed by atoms with van der Waals surface area (Å²) in [4.78, 5) is 35.9. The normalized spacial score (nSPS) is 21.7. The molecule has 154 valence electrons. The number of carbonyl (C=O) groups excluding carboxylic acids is 2. The summed E-state index contributed by atoms with van der Waals surface area (Å²) >= 11 is 1.15. The molecule has 4 N–H and O–H groups in total.